The van der Waals surface area contributed by atoms with Crippen LogP contribution in [-0.4, -0.2) is 52.0 Å². The Morgan fingerprint density at radius 2 is 1.67 bits per heavy atom. The zero-order valence-electron chi connectivity index (χ0n) is 11.8. The number of carboxylic acids is 1. The molecular formula is C12H23NO5. The molecule has 0 radical (unpaired) electrons. The number of aliphatic hydroxyl groups is 1. The molecule has 0 spiro atoms. The number of nitrogens with zero attached hydrogens (tertiary/aromatic N) is 1. The maximum atomic E-state index is 11.8. The molecular weight excluding hydrogens is 238 g/mol. The van der Waals surface area contributed by atoms with Gasteiger partial charge >= 0.3 is 12.1 Å². The summed E-state index contributed by atoms with van der Waals surface area (Å²) in [6.07, 6.45) is -1.92. The first-order chi connectivity index (χ1) is 7.97. The second kappa shape index (κ2) is 6.04. The lowest BCUT2D eigenvalue weighted by atomic mass is 9.99. The predicted octanol–water partition coefficient (Wildman–Crippen LogP) is 1.32. The van der Waals surface area contributed by atoms with E-state index in [0.717, 1.165) is 4.90 Å². The molecule has 0 bridgehead atoms. The van der Waals surface area contributed by atoms with Gasteiger partial charge in [-0.3, -0.25) is 4.90 Å². The Kier molecular flexibility index (Phi) is 5.60. The monoisotopic (exact) mass is 261 g/mol. The highest BCUT2D eigenvalue weighted by Crippen LogP contribution is 2.16. The molecule has 106 valence electrons. The molecule has 6 heteroatoms. The standard InChI is InChI=1S/C12H23NO5/c1-7(2)9(14)8(10(15)16)13(6)11(17)18-12(3,4)5/h7-9,14H,1-6H3,(H,15,16)/t8?,9-/m1/s1. The number of aliphatic carboxylic acids is 1. The fraction of sp³-hybridized carbons (Fsp3) is 0.833. The van der Waals surface area contributed by atoms with Crippen LogP contribution < -0.4 is 0 Å². The minimum Gasteiger partial charge on any atom is -0.480 e. The lowest BCUT2D eigenvalue weighted by Gasteiger charge is -2.32. The van der Waals surface area contributed by atoms with E-state index < -0.39 is 29.8 Å². The maximum absolute atomic E-state index is 11.8. The fourth-order valence-electron chi connectivity index (χ4n) is 1.35. The van der Waals surface area contributed by atoms with Crippen LogP contribution in [0.1, 0.15) is 34.6 Å². The molecule has 2 N–H and O–H groups in total. The van der Waals surface area contributed by atoms with Crippen molar-refractivity contribution < 1.29 is 24.5 Å². The van der Waals surface area contributed by atoms with Crippen molar-refractivity contribution >= 4 is 12.1 Å². The van der Waals surface area contributed by atoms with Gasteiger partial charge in [-0.05, 0) is 26.7 Å². The summed E-state index contributed by atoms with van der Waals surface area (Å²) in [5, 5.41) is 18.9. The number of aliphatic hydroxyl groups excluding tert-OH is 1. The number of hydrogen-bond acceptors (Lipinski definition) is 4. The van der Waals surface area contributed by atoms with Crippen LogP contribution in [0.4, 0.5) is 4.79 Å². The summed E-state index contributed by atoms with van der Waals surface area (Å²) in [6.45, 7) is 8.43. The minimum atomic E-state index is -1.32. The van der Waals surface area contributed by atoms with Gasteiger partial charge in [0.15, 0.2) is 6.04 Å². The number of carboxylic acid groups (broad SMARTS) is 1. The van der Waals surface area contributed by atoms with Crippen molar-refractivity contribution in [3.05, 3.63) is 0 Å². The number of carbonyl (C=O) groups is 2. The van der Waals surface area contributed by atoms with Crippen LogP contribution in [0.2, 0.25) is 0 Å². The summed E-state index contributed by atoms with van der Waals surface area (Å²) >= 11 is 0. The van der Waals surface area contributed by atoms with E-state index in [9.17, 15) is 14.7 Å². The molecule has 0 aromatic carbocycles. The van der Waals surface area contributed by atoms with Crippen LogP contribution >= 0.6 is 0 Å². The average Bonchev–Trinajstić information content (AvgIpc) is 2.13. The van der Waals surface area contributed by atoms with Gasteiger partial charge in [-0.15, -0.1) is 0 Å². The molecule has 6 nitrogen and oxygen atoms in total. The van der Waals surface area contributed by atoms with E-state index in [1.807, 2.05) is 0 Å². The van der Waals surface area contributed by atoms with Gasteiger partial charge in [0.1, 0.15) is 5.60 Å². The fourth-order valence-corrected chi connectivity index (χ4v) is 1.35. The number of likely N-dealkylation sites (N-methyl/N-ethyl adjacent to an activating group) is 1. The van der Waals surface area contributed by atoms with Crippen LogP contribution in [0.15, 0.2) is 0 Å². The first-order valence-corrected chi connectivity index (χ1v) is 5.84. The summed E-state index contributed by atoms with van der Waals surface area (Å²) in [7, 11) is 1.30. The first-order valence-electron chi connectivity index (χ1n) is 5.84. The van der Waals surface area contributed by atoms with Crippen molar-refractivity contribution in [1.82, 2.24) is 4.90 Å². The second-order valence-corrected chi connectivity index (χ2v) is 5.61. The molecule has 0 aliphatic carbocycles. The minimum absolute atomic E-state index is 0.281. The van der Waals surface area contributed by atoms with Gasteiger partial charge in [0, 0.05) is 7.05 Å². The third kappa shape index (κ3) is 4.91. The Hall–Kier alpha value is -1.30. The molecule has 18 heavy (non-hydrogen) atoms. The Labute approximate surface area is 108 Å². The van der Waals surface area contributed by atoms with E-state index in [2.05, 4.69) is 0 Å². The third-order valence-electron chi connectivity index (χ3n) is 2.36. The van der Waals surface area contributed by atoms with Gasteiger partial charge in [-0.25, -0.2) is 9.59 Å². The molecule has 0 aromatic heterocycles. The largest absolute Gasteiger partial charge is 0.480 e. The lowest BCUT2D eigenvalue weighted by Crippen LogP contribution is -2.52. The smallest absolute Gasteiger partial charge is 0.410 e. The molecule has 0 aliphatic heterocycles. The summed E-state index contributed by atoms with van der Waals surface area (Å²) < 4.78 is 5.07. The number of carbonyl (C=O) groups excluding carboxylic acids is 1. The zero-order valence-corrected chi connectivity index (χ0v) is 11.8. The molecule has 1 amide bonds. The number of ether oxygens (including phenoxy) is 1. The first kappa shape index (κ1) is 16.7. The Bertz CT molecular complexity index is 308. The number of hydrogen-bond donors (Lipinski definition) is 2. The van der Waals surface area contributed by atoms with Gasteiger partial charge in [-0.2, -0.15) is 0 Å². The van der Waals surface area contributed by atoms with Crippen molar-refractivity contribution in [2.24, 2.45) is 5.92 Å². The van der Waals surface area contributed by atoms with Crippen LogP contribution in [0, 0.1) is 5.92 Å². The molecule has 0 aliphatic rings. The van der Waals surface area contributed by atoms with Crippen molar-refractivity contribution in [1.29, 1.82) is 0 Å². The quantitative estimate of drug-likeness (QED) is 0.797. The summed E-state index contributed by atoms with van der Waals surface area (Å²) in [4.78, 5) is 23.8. The Morgan fingerprint density at radius 1 is 1.22 bits per heavy atom. The predicted molar refractivity (Wildman–Crippen MR) is 66.3 cm³/mol. The van der Waals surface area contributed by atoms with Gasteiger partial charge < -0.3 is 14.9 Å². The molecule has 0 saturated heterocycles. The highest BCUT2D eigenvalue weighted by molar-refractivity contribution is 5.80. The topological polar surface area (TPSA) is 87.1 Å². The van der Waals surface area contributed by atoms with Gasteiger partial charge in [-0.1, -0.05) is 13.8 Å². The Balaban J connectivity index is 4.93. The molecule has 2 atom stereocenters. The highest BCUT2D eigenvalue weighted by atomic mass is 16.6. The van der Waals surface area contributed by atoms with E-state index >= 15 is 0 Å². The summed E-state index contributed by atoms with van der Waals surface area (Å²) in [5.74, 6) is -1.54. The van der Waals surface area contributed by atoms with Crippen LogP contribution in [0.25, 0.3) is 0 Å². The van der Waals surface area contributed by atoms with Crippen molar-refractivity contribution in [3.8, 4) is 0 Å². The average molecular weight is 261 g/mol. The van der Waals surface area contributed by atoms with E-state index in [0.29, 0.717) is 0 Å². The SMILES string of the molecule is CC(C)[C@@H](O)C(C(=O)O)N(C)C(=O)OC(C)(C)C. The van der Waals surface area contributed by atoms with E-state index in [-0.39, 0.29) is 5.92 Å². The normalized spacial score (nSPS) is 15.1. The summed E-state index contributed by atoms with van der Waals surface area (Å²) in [5.41, 5.74) is -0.711. The summed E-state index contributed by atoms with van der Waals surface area (Å²) in [6, 6.07) is -1.32. The molecule has 0 saturated carbocycles. The second-order valence-electron chi connectivity index (χ2n) is 5.61. The third-order valence-corrected chi connectivity index (χ3v) is 2.36. The van der Waals surface area contributed by atoms with Crippen molar-refractivity contribution in [2.45, 2.75) is 52.4 Å². The zero-order chi connectivity index (χ0) is 14.7. The number of amides is 1. The van der Waals surface area contributed by atoms with E-state index in [4.69, 9.17) is 9.84 Å². The molecule has 0 rings (SSSR count). The van der Waals surface area contributed by atoms with Gasteiger partial charge in [0.05, 0.1) is 6.10 Å². The van der Waals surface area contributed by atoms with Crippen LogP contribution in [0.3, 0.4) is 0 Å². The molecule has 0 aromatic rings. The van der Waals surface area contributed by atoms with E-state index in [1.54, 1.807) is 34.6 Å². The Morgan fingerprint density at radius 3 is 1.94 bits per heavy atom. The van der Waals surface area contributed by atoms with Crippen molar-refractivity contribution in [2.75, 3.05) is 7.05 Å². The maximum Gasteiger partial charge on any atom is 0.410 e. The van der Waals surface area contributed by atoms with Gasteiger partial charge in [0.25, 0.3) is 0 Å². The van der Waals surface area contributed by atoms with Gasteiger partial charge in [0.2, 0.25) is 0 Å². The molecule has 0 fully saturated rings. The number of rotatable bonds is 4. The van der Waals surface area contributed by atoms with Crippen molar-refractivity contribution in [3.63, 3.8) is 0 Å². The van der Waals surface area contributed by atoms with Crippen LogP contribution in [0.5, 0.6) is 0 Å². The molecule has 0 heterocycles. The van der Waals surface area contributed by atoms with E-state index in [1.165, 1.54) is 7.05 Å². The van der Waals surface area contributed by atoms with Crippen LogP contribution in [-0.2, 0) is 9.53 Å². The molecule has 1 unspecified atom stereocenters. The lowest BCUT2D eigenvalue weighted by molar-refractivity contribution is -0.148. The highest BCUT2D eigenvalue weighted by Gasteiger charge is 2.36.